The molecular formula is C23H17F3N6O3. The summed E-state index contributed by atoms with van der Waals surface area (Å²) in [6, 6.07) is 5.02. The first-order chi connectivity index (χ1) is 16.9. The number of rotatable bonds is 4. The highest BCUT2D eigenvalue weighted by Gasteiger charge is 2.40. The summed E-state index contributed by atoms with van der Waals surface area (Å²) < 4.78 is 55.2. The number of hydrogen-bond acceptors (Lipinski definition) is 6. The van der Waals surface area contributed by atoms with Crippen molar-refractivity contribution in [2.24, 2.45) is 7.05 Å². The van der Waals surface area contributed by atoms with Crippen LogP contribution in [-0.2, 0) is 13.5 Å². The summed E-state index contributed by atoms with van der Waals surface area (Å²) >= 11 is 0. The van der Waals surface area contributed by atoms with Gasteiger partial charge in [-0.25, -0.2) is 28.1 Å². The molecule has 178 valence electrons. The zero-order chi connectivity index (χ0) is 24.3. The van der Waals surface area contributed by atoms with Gasteiger partial charge in [-0.3, -0.25) is 4.79 Å². The first kappa shape index (κ1) is 21.2. The zero-order valence-electron chi connectivity index (χ0n) is 18.2. The largest absolute Gasteiger partial charge is 0.458 e. The molecule has 35 heavy (non-hydrogen) atoms. The fourth-order valence-corrected chi connectivity index (χ4v) is 4.40. The predicted octanol–water partition coefficient (Wildman–Crippen LogP) is 4.41. The number of imidazole rings is 2. The number of nitrogens with one attached hydrogen (secondary N) is 1. The van der Waals surface area contributed by atoms with E-state index in [0.717, 1.165) is 5.69 Å². The van der Waals surface area contributed by atoms with Crippen molar-refractivity contribution in [2.45, 2.75) is 18.9 Å². The Morgan fingerprint density at radius 2 is 2.14 bits per heavy atom. The number of amides is 1. The molecule has 5 heterocycles. The summed E-state index contributed by atoms with van der Waals surface area (Å²) in [5, 5.41) is 0.240. The van der Waals surface area contributed by atoms with Crippen LogP contribution in [-0.4, -0.2) is 41.9 Å². The minimum absolute atomic E-state index is 0.150. The van der Waals surface area contributed by atoms with Gasteiger partial charge in [0.15, 0.2) is 5.69 Å². The Morgan fingerprint density at radius 3 is 2.89 bits per heavy atom. The average molecular weight is 482 g/mol. The lowest BCUT2D eigenvalue weighted by Gasteiger charge is -2.33. The van der Waals surface area contributed by atoms with Crippen LogP contribution < -0.4 is 0 Å². The molecule has 0 radical (unpaired) electrons. The summed E-state index contributed by atoms with van der Waals surface area (Å²) in [4.78, 5) is 30.2. The van der Waals surface area contributed by atoms with Gasteiger partial charge in [0, 0.05) is 25.7 Å². The number of benzene rings is 1. The van der Waals surface area contributed by atoms with Crippen LogP contribution in [0.15, 0.2) is 52.0 Å². The number of aromatic amines is 1. The number of halogens is 3. The van der Waals surface area contributed by atoms with Gasteiger partial charge in [0.25, 0.3) is 12.3 Å². The molecule has 12 heteroatoms. The first-order valence-corrected chi connectivity index (χ1v) is 10.7. The third-order valence-corrected chi connectivity index (χ3v) is 6.07. The second-order valence-corrected chi connectivity index (χ2v) is 8.14. The highest BCUT2D eigenvalue weighted by atomic mass is 19.3. The van der Waals surface area contributed by atoms with Crippen molar-refractivity contribution in [1.29, 1.82) is 0 Å². The highest BCUT2D eigenvalue weighted by molar-refractivity contribution is 5.94. The molecule has 0 saturated carbocycles. The predicted molar refractivity (Wildman–Crippen MR) is 115 cm³/mol. The number of oxazole rings is 1. The van der Waals surface area contributed by atoms with Crippen molar-refractivity contribution in [2.75, 3.05) is 6.54 Å². The molecule has 0 saturated heterocycles. The average Bonchev–Trinajstić information content (AvgIpc) is 3.62. The zero-order valence-corrected chi connectivity index (χ0v) is 18.2. The maximum absolute atomic E-state index is 14.4. The maximum Gasteiger partial charge on any atom is 0.292 e. The number of alkyl halides is 2. The van der Waals surface area contributed by atoms with Crippen molar-refractivity contribution in [3.05, 3.63) is 77.5 Å². The lowest BCUT2D eigenvalue weighted by Crippen LogP contribution is -2.40. The van der Waals surface area contributed by atoms with Crippen molar-refractivity contribution in [3.63, 3.8) is 0 Å². The number of nitrogens with zero attached hydrogens (tertiary/aromatic N) is 5. The van der Waals surface area contributed by atoms with Gasteiger partial charge in [-0.2, -0.15) is 0 Å². The minimum Gasteiger partial charge on any atom is -0.458 e. The summed E-state index contributed by atoms with van der Waals surface area (Å²) in [6.07, 6.45) is 1.69. The lowest BCUT2D eigenvalue weighted by atomic mass is 9.99. The number of furan rings is 1. The van der Waals surface area contributed by atoms with Gasteiger partial charge >= 0.3 is 0 Å². The maximum atomic E-state index is 14.4. The van der Waals surface area contributed by atoms with Crippen LogP contribution in [0.3, 0.4) is 0 Å². The van der Waals surface area contributed by atoms with Crippen LogP contribution in [0.1, 0.15) is 45.9 Å². The van der Waals surface area contributed by atoms with Gasteiger partial charge in [-0.1, -0.05) is 6.07 Å². The van der Waals surface area contributed by atoms with E-state index in [1.807, 2.05) is 0 Å². The molecule has 1 atom stereocenters. The number of H-pyrrole nitrogens is 1. The van der Waals surface area contributed by atoms with Crippen molar-refractivity contribution in [3.8, 4) is 11.6 Å². The summed E-state index contributed by atoms with van der Waals surface area (Å²) in [5.74, 6) is -1.77. The Labute approximate surface area is 195 Å². The van der Waals surface area contributed by atoms with Gasteiger partial charge < -0.3 is 23.3 Å². The molecule has 1 aliphatic heterocycles. The molecule has 5 aromatic rings. The van der Waals surface area contributed by atoms with Crippen LogP contribution in [0.2, 0.25) is 0 Å². The number of carbonyl (C=O) groups excluding carboxylic acids is 1. The van der Waals surface area contributed by atoms with E-state index in [9.17, 15) is 18.0 Å². The van der Waals surface area contributed by atoms with E-state index < -0.39 is 35.6 Å². The second kappa shape index (κ2) is 7.86. The van der Waals surface area contributed by atoms with Crippen molar-refractivity contribution >= 4 is 16.9 Å². The first-order valence-electron chi connectivity index (χ1n) is 10.7. The van der Waals surface area contributed by atoms with E-state index in [4.69, 9.17) is 8.83 Å². The quantitative estimate of drug-likeness (QED) is 0.407. The number of carbonyl (C=O) groups is 1. The number of hydrogen-bond donors (Lipinski definition) is 1. The van der Waals surface area contributed by atoms with E-state index in [2.05, 4.69) is 19.9 Å². The smallest absolute Gasteiger partial charge is 0.292 e. The SMILES string of the molecule is Cn1cncc1-c1nc(C(F)F)c(C(=O)N2CCc3[nH]cnc3[C@H]2c2cc3c(F)cccc3o2)o1. The summed E-state index contributed by atoms with van der Waals surface area (Å²) in [5.41, 5.74) is 1.11. The van der Waals surface area contributed by atoms with E-state index in [-0.39, 0.29) is 23.6 Å². The molecule has 0 spiro atoms. The standard InChI is InChI=1S/C23H17F3N6O3/c1-31-10-27-8-14(31)22-30-18(21(25)26)20(35-22)23(33)32-6-5-13-17(29-9-28-13)19(32)16-7-11-12(24)3-2-4-15(11)34-16/h2-4,7-10,19,21H,5-6H2,1H3,(H,28,29)/t19-/m1/s1. The van der Waals surface area contributed by atoms with Crippen LogP contribution in [0.4, 0.5) is 13.2 Å². The van der Waals surface area contributed by atoms with Crippen LogP contribution in [0, 0.1) is 5.82 Å². The Morgan fingerprint density at radius 1 is 1.29 bits per heavy atom. The van der Waals surface area contributed by atoms with E-state index in [1.54, 1.807) is 13.1 Å². The third-order valence-electron chi connectivity index (χ3n) is 6.07. The van der Waals surface area contributed by atoms with Crippen molar-refractivity contribution < 1.29 is 26.8 Å². The lowest BCUT2D eigenvalue weighted by molar-refractivity contribution is 0.0626. The molecule has 1 aromatic carbocycles. The van der Waals surface area contributed by atoms with Gasteiger partial charge in [0.1, 0.15) is 28.9 Å². The van der Waals surface area contributed by atoms with E-state index >= 15 is 0 Å². The van der Waals surface area contributed by atoms with Crippen LogP contribution in [0.25, 0.3) is 22.6 Å². The summed E-state index contributed by atoms with van der Waals surface area (Å²) in [6.45, 7) is 0.155. The number of aromatic nitrogens is 5. The minimum atomic E-state index is -3.05. The molecule has 6 rings (SSSR count). The molecule has 9 nitrogen and oxygen atoms in total. The van der Waals surface area contributed by atoms with Crippen LogP contribution >= 0.6 is 0 Å². The molecule has 0 fully saturated rings. The molecular weight excluding hydrogens is 465 g/mol. The fraction of sp³-hybridized carbons (Fsp3) is 0.217. The number of aryl methyl sites for hydroxylation is 1. The van der Waals surface area contributed by atoms with Gasteiger partial charge in [0.2, 0.25) is 11.7 Å². The third kappa shape index (κ3) is 3.32. The normalized spacial score (nSPS) is 15.8. The Balaban J connectivity index is 1.47. The highest BCUT2D eigenvalue weighted by Crippen LogP contribution is 2.39. The van der Waals surface area contributed by atoms with Gasteiger partial charge in [-0.05, 0) is 18.2 Å². The molecule has 1 amide bonds. The fourth-order valence-electron chi connectivity index (χ4n) is 4.40. The molecule has 0 bridgehead atoms. The molecule has 1 N–H and O–H groups in total. The van der Waals surface area contributed by atoms with Crippen LogP contribution in [0.5, 0.6) is 0 Å². The second-order valence-electron chi connectivity index (χ2n) is 8.14. The van der Waals surface area contributed by atoms with Gasteiger partial charge in [-0.15, -0.1) is 0 Å². The van der Waals surface area contributed by atoms with Gasteiger partial charge in [0.05, 0.1) is 29.9 Å². The number of fused-ring (bicyclic) bond motifs is 2. The molecule has 1 aliphatic rings. The van der Waals surface area contributed by atoms with E-state index in [1.165, 1.54) is 46.5 Å². The molecule has 0 unspecified atom stereocenters. The Kier molecular flexibility index (Phi) is 4.76. The summed E-state index contributed by atoms with van der Waals surface area (Å²) in [7, 11) is 1.65. The van der Waals surface area contributed by atoms with Crippen molar-refractivity contribution in [1.82, 2.24) is 29.4 Å². The van der Waals surface area contributed by atoms with E-state index in [0.29, 0.717) is 23.4 Å². The monoisotopic (exact) mass is 482 g/mol. The Hall–Kier alpha value is -4.35. The molecule has 4 aromatic heterocycles. The topological polar surface area (TPSA) is 106 Å². The molecule has 0 aliphatic carbocycles. The Bertz CT molecular complexity index is 1570.